The van der Waals surface area contributed by atoms with E-state index in [0.29, 0.717) is 0 Å². The van der Waals surface area contributed by atoms with Crippen LogP contribution in [-0.2, 0) is 16.0 Å². The minimum absolute atomic E-state index is 0.0783. The Morgan fingerprint density at radius 3 is 2.38 bits per heavy atom. The summed E-state index contributed by atoms with van der Waals surface area (Å²) in [5.74, 6) is -3.48. The zero-order valence-electron chi connectivity index (χ0n) is 12.7. The molecule has 24 heavy (non-hydrogen) atoms. The van der Waals surface area contributed by atoms with Crippen molar-refractivity contribution in [3.8, 4) is 0 Å². The van der Waals surface area contributed by atoms with Crippen LogP contribution in [-0.4, -0.2) is 25.0 Å². The van der Waals surface area contributed by atoms with Gasteiger partial charge in [0.1, 0.15) is 6.04 Å². The fourth-order valence-electron chi connectivity index (χ4n) is 2.07. The standard InChI is InChI=1S/C17H14F2INO3/c1-24-17(23)15(8-10-2-5-12(20)6-3-10)21-16(22)11-4-7-13(18)14(19)9-11/h2-7,9,15H,8H2,1H3,(H,21,22)/t15-/m1/s1. The molecule has 0 spiro atoms. The summed E-state index contributed by atoms with van der Waals surface area (Å²) in [6, 6.07) is 9.27. The van der Waals surface area contributed by atoms with E-state index in [1.807, 2.05) is 24.3 Å². The lowest BCUT2D eigenvalue weighted by Gasteiger charge is -2.17. The molecule has 0 radical (unpaired) electrons. The first-order valence-corrected chi connectivity index (χ1v) is 8.06. The molecule has 0 aliphatic heterocycles. The minimum atomic E-state index is -1.13. The van der Waals surface area contributed by atoms with Crippen molar-refractivity contribution >= 4 is 34.5 Å². The molecule has 0 fully saturated rings. The van der Waals surface area contributed by atoms with Gasteiger partial charge in [0.2, 0.25) is 0 Å². The van der Waals surface area contributed by atoms with E-state index in [4.69, 9.17) is 4.74 Å². The molecule has 2 aromatic carbocycles. The maximum absolute atomic E-state index is 13.2. The van der Waals surface area contributed by atoms with Crippen molar-refractivity contribution in [3.63, 3.8) is 0 Å². The Kier molecular flexibility index (Phi) is 6.24. The van der Waals surface area contributed by atoms with Crippen molar-refractivity contribution in [3.05, 3.63) is 68.8 Å². The average molecular weight is 445 g/mol. The van der Waals surface area contributed by atoms with Gasteiger partial charge in [0, 0.05) is 15.6 Å². The van der Waals surface area contributed by atoms with Crippen molar-refractivity contribution in [2.75, 3.05) is 7.11 Å². The van der Waals surface area contributed by atoms with Crippen LogP contribution in [0.25, 0.3) is 0 Å². The van der Waals surface area contributed by atoms with E-state index in [1.165, 1.54) is 7.11 Å². The van der Waals surface area contributed by atoms with E-state index in [2.05, 4.69) is 27.9 Å². The van der Waals surface area contributed by atoms with Crippen LogP contribution in [0.15, 0.2) is 42.5 Å². The number of methoxy groups -OCH3 is 1. The Morgan fingerprint density at radius 2 is 1.79 bits per heavy atom. The van der Waals surface area contributed by atoms with Gasteiger partial charge in [-0.1, -0.05) is 12.1 Å². The molecule has 1 atom stereocenters. The molecule has 2 rings (SSSR count). The molecule has 126 valence electrons. The normalized spacial score (nSPS) is 11.7. The number of ether oxygens (including phenoxy) is 1. The van der Waals surface area contributed by atoms with Crippen LogP contribution in [0, 0.1) is 15.2 Å². The highest BCUT2D eigenvalue weighted by atomic mass is 127. The van der Waals surface area contributed by atoms with E-state index in [1.54, 1.807) is 0 Å². The number of carbonyl (C=O) groups is 2. The van der Waals surface area contributed by atoms with Gasteiger partial charge in [-0.3, -0.25) is 4.79 Å². The van der Waals surface area contributed by atoms with Gasteiger partial charge in [-0.2, -0.15) is 0 Å². The molecular weight excluding hydrogens is 431 g/mol. The molecule has 4 nitrogen and oxygen atoms in total. The summed E-state index contributed by atoms with van der Waals surface area (Å²) in [6.45, 7) is 0. The first kappa shape index (κ1) is 18.3. The molecule has 0 heterocycles. The second-order valence-electron chi connectivity index (χ2n) is 5.01. The first-order valence-electron chi connectivity index (χ1n) is 6.99. The van der Waals surface area contributed by atoms with E-state index >= 15 is 0 Å². The molecule has 7 heteroatoms. The average Bonchev–Trinajstić information content (AvgIpc) is 2.57. The lowest BCUT2D eigenvalue weighted by molar-refractivity contribution is -0.142. The number of esters is 1. The van der Waals surface area contributed by atoms with Crippen molar-refractivity contribution in [2.45, 2.75) is 12.5 Å². The molecule has 1 N–H and O–H groups in total. The molecule has 0 saturated carbocycles. The van der Waals surface area contributed by atoms with Gasteiger partial charge >= 0.3 is 5.97 Å². The predicted octanol–water partition coefficient (Wildman–Crippen LogP) is 3.08. The largest absolute Gasteiger partial charge is 0.467 e. The van der Waals surface area contributed by atoms with E-state index in [0.717, 1.165) is 27.3 Å². The Labute approximate surface area is 151 Å². The summed E-state index contributed by atoms with van der Waals surface area (Å²) in [5.41, 5.74) is 0.752. The fraction of sp³-hybridized carbons (Fsp3) is 0.176. The van der Waals surface area contributed by atoms with Crippen LogP contribution >= 0.6 is 22.6 Å². The van der Waals surface area contributed by atoms with Crippen LogP contribution in [0.5, 0.6) is 0 Å². The molecule has 0 unspecified atom stereocenters. The van der Waals surface area contributed by atoms with Gasteiger partial charge in [-0.25, -0.2) is 13.6 Å². The van der Waals surface area contributed by atoms with Gasteiger partial charge in [-0.05, 0) is 58.5 Å². The number of nitrogens with one attached hydrogen (secondary N) is 1. The van der Waals surface area contributed by atoms with Gasteiger partial charge in [-0.15, -0.1) is 0 Å². The monoisotopic (exact) mass is 445 g/mol. The third-order valence-electron chi connectivity index (χ3n) is 3.33. The summed E-state index contributed by atoms with van der Waals surface area (Å²) >= 11 is 2.16. The van der Waals surface area contributed by atoms with Crippen LogP contribution in [0.4, 0.5) is 8.78 Å². The topological polar surface area (TPSA) is 55.4 Å². The van der Waals surface area contributed by atoms with Crippen molar-refractivity contribution in [2.24, 2.45) is 0 Å². The molecule has 0 saturated heterocycles. The summed E-state index contributed by atoms with van der Waals surface area (Å²) in [6.07, 6.45) is 0.221. The molecular formula is C17H14F2INO3. The molecule has 1 amide bonds. The summed E-state index contributed by atoms with van der Waals surface area (Å²) in [4.78, 5) is 24.1. The number of halogens is 3. The van der Waals surface area contributed by atoms with Crippen molar-refractivity contribution < 1.29 is 23.1 Å². The highest BCUT2D eigenvalue weighted by Gasteiger charge is 2.23. The summed E-state index contributed by atoms with van der Waals surface area (Å²) < 4.78 is 31.9. The molecule has 2 aromatic rings. The third kappa shape index (κ3) is 4.73. The lowest BCUT2D eigenvalue weighted by atomic mass is 10.1. The number of hydrogen-bond donors (Lipinski definition) is 1. The zero-order valence-corrected chi connectivity index (χ0v) is 14.8. The van der Waals surface area contributed by atoms with Crippen LogP contribution in [0.3, 0.4) is 0 Å². The highest BCUT2D eigenvalue weighted by Crippen LogP contribution is 2.12. The first-order chi connectivity index (χ1) is 11.4. The Morgan fingerprint density at radius 1 is 1.12 bits per heavy atom. The predicted molar refractivity (Wildman–Crippen MR) is 92.5 cm³/mol. The number of amides is 1. The lowest BCUT2D eigenvalue weighted by Crippen LogP contribution is -2.43. The number of benzene rings is 2. The molecule has 0 aromatic heterocycles. The van der Waals surface area contributed by atoms with E-state index in [-0.39, 0.29) is 12.0 Å². The Hall–Kier alpha value is -2.03. The minimum Gasteiger partial charge on any atom is -0.467 e. The second kappa shape index (κ2) is 8.18. The Bertz CT molecular complexity index is 750. The third-order valence-corrected chi connectivity index (χ3v) is 4.05. The molecule has 0 aliphatic rings. The maximum Gasteiger partial charge on any atom is 0.328 e. The summed E-state index contributed by atoms with van der Waals surface area (Å²) in [5, 5.41) is 2.49. The molecule has 0 aliphatic carbocycles. The van der Waals surface area contributed by atoms with E-state index in [9.17, 15) is 18.4 Å². The fourth-order valence-corrected chi connectivity index (χ4v) is 2.43. The number of rotatable bonds is 5. The SMILES string of the molecule is COC(=O)[C@@H](Cc1ccc(I)cc1)NC(=O)c1ccc(F)c(F)c1. The Balaban J connectivity index is 2.15. The van der Waals surface area contributed by atoms with Crippen molar-refractivity contribution in [1.82, 2.24) is 5.32 Å². The van der Waals surface area contributed by atoms with Gasteiger partial charge in [0.25, 0.3) is 5.91 Å². The number of carbonyl (C=O) groups excluding carboxylic acids is 2. The van der Waals surface area contributed by atoms with E-state index < -0.39 is 29.6 Å². The smallest absolute Gasteiger partial charge is 0.328 e. The number of hydrogen-bond acceptors (Lipinski definition) is 3. The van der Waals surface area contributed by atoms with Gasteiger partial charge in [0.15, 0.2) is 11.6 Å². The van der Waals surface area contributed by atoms with Crippen LogP contribution < -0.4 is 5.32 Å². The quantitative estimate of drug-likeness (QED) is 0.569. The van der Waals surface area contributed by atoms with Crippen LogP contribution in [0.1, 0.15) is 15.9 Å². The second-order valence-corrected chi connectivity index (χ2v) is 6.25. The maximum atomic E-state index is 13.2. The van der Waals surface area contributed by atoms with Crippen molar-refractivity contribution in [1.29, 1.82) is 0 Å². The molecule has 0 bridgehead atoms. The highest BCUT2D eigenvalue weighted by molar-refractivity contribution is 14.1. The zero-order chi connectivity index (χ0) is 17.7. The summed E-state index contributed by atoms with van der Waals surface area (Å²) in [7, 11) is 1.22. The van der Waals surface area contributed by atoms with Gasteiger partial charge in [0.05, 0.1) is 7.11 Å². The van der Waals surface area contributed by atoms with Gasteiger partial charge < -0.3 is 10.1 Å². The van der Waals surface area contributed by atoms with Crippen LogP contribution in [0.2, 0.25) is 0 Å².